The predicted octanol–water partition coefficient (Wildman–Crippen LogP) is 3.56. The zero-order valence-corrected chi connectivity index (χ0v) is 12.0. The molecule has 1 rings (SSSR count). The normalized spacial score (nSPS) is 17.5. The first-order chi connectivity index (χ1) is 7.44. The van der Waals surface area contributed by atoms with Crippen LogP contribution in [0.1, 0.15) is 46.5 Å². The summed E-state index contributed by atoms with van der Waals surface area (Å²) in [7, 11) is 0. The summed E-state index contributed by atoms with van der Waals surface area (Å²) < 4.78 is 5.43. The fraction of sp³-hybridized carbons (Fsp3) is 0.917. The minimum Gasteiger partial charge on any atom is -0.444 e. The Labute approximate surface area is 107 Å². The maximum atomic E-state index is 12.0. The summed E-state index contributed by atoms with van der Waals surface area (Å²) in [6.07, 6.45) is 4.52. The Hall–Kier alpha value is -0.250. The third kappa shape index (κ3) is 4.32. The van der Waals surface area contributed by atoms with Crippen molar-refractivity contribution >= 4 is 22.0 Å². The van der Waals surface area contributed by atoms with Gasteiger partial charge in [-0.1, -0.05) is 28.8 Å². The number of ether oxygens (including phenoxy) is 1. The summed E-state index contributed by atoms with van der Waals surface area (Å²) in [6.45, 7) is 6.46. The zero-order valence-electron chi connectivity index (χ0n) is 10.5. The molecule has 0 aromatic rings. The highest BCUT2D eigenvalue weighted by Gasteiger charge is 2.29. The Morgan fingerprint density at radius 1 is 1.38 bits per heavy atom. The minimum atomic E-state index is -0.403. The molecule has 0 aromatic carbocycles. The lowest BCUT2D eigenvalue weighted by atomic mass is 10.2. The van der Waals surface area contributed by atoms with Crippen molar-refractivity contribution in [2.45, 2.75) is 58.1 Å². The molecular formula is C12H22BrNO2. The van der Waals surface area contributed by atoms with Gasteiger partial charge in [-0.05, 0) is 33.6 Å². The lowest BCUT2D eigenvalue weighted by Gasteiger charge is -2.31. The molecule has 1 amide bonds. The molecule has 0 atom stereocenters. The van der Waals surface area contributed by atoms with Gasteiger partial charge in [0.25, 0.3) is 0 Å². The number of carbonyl (C=O) groups is 1. The second kappa shape index (κ2) is 5.89. The van der Waals surface area contributed by atoms with E-state index in [0.29, 0.717) is 6.04 Å². The summed E-state index contributed by atoms with van der Waals surface area (Å²) in [5.41, 5.74) is -0.403. The van der Waals surface area contributed by atoms with Crippen LogP contribution in [0.25, 0.3) is 0 Å². The van der Waals surface area contributed by atoms with Crippen molar-refractivity contribution in [2.75, 3.05) is 11.9 Å². The number of hydrogen-bond donors (Lipinski definition) is 0. The molecule has 0 unspecified atom stereocenters. The topological polar surface area (TPSA) is 29.5 Å². The van der Waals surface area contributed by atoms with Gasteiger partial charge in [0.05, 0.1) is 0 Å². The zero-order chi connectivity index (χ0) is 12.2. The fourth-order valence-corrected chi connectivity index (χ4v) is 2.43. The van der Waals surface area contributed by atoms with E-state index in [1.807, 2.05) is 25.7 Å². The van der Waals surface area contributed by atoms with E-state index in [4.69, 9.17) is 4.74 Å². The third-order valence-corrected chi connectivity index (χ3v) is 3.07. The lowest BCUT2D eigenvalue weighted by Crippen LogP contribution is -2.43. The van der Waals surface area contributed by atoms with Gasteiger partial charge in [0.2, 0.25) is 0 Å². The Kier molecular flexibility index (Phi) is 5.09. The quantitative estimate of drug-likeness (QED) is 0.744. The van der Waals surface area contributed by atoms with E-state index in [1.165, 1.54) is 12.8 Å². The van der Waals surface area contributed by atoms with Crippen LogP contribution in [0.4, 0.5) is 4.79 Å². The van der Waals surface area contributed by atoms with Crippen molar-refractivity contribution < 1.29 is 9.53 Å². The van der Waals surface area contributed by atoms with Crippen LogP contribution in [0.3, 0.4) is 0 Å². The first-order valence-electron chi connectivity index (χ1n) is 5.99. The molecule has 0 saturated heterocycles. The van der Waals surface area contributed by atoms with E-state index in [2.05, 4.69) is 15.9 Å². The van der Waals surface area contributed by atoms with Gasteiger partial charge in [0.1, 0.15) is 5.60 Å². The van der Waals surface area contributed by atoms with Crippen molar-refractivity contribution in [3.8, 4) is 0 Å². The van der Waals surface area contributed by atoms with Crippen molar-refractivity contribution in [3.05, 3.63) is 0 Å². The molecule has 0 radical (unpaired) electrons. The van der Waals surface area contributed by atoms with Crippen LogP contribution in [-0.4, -0.2) is 34.5 Å². The van der Waals surface area contributed by atoms with E-state index >= 15 is 0 Å². The average Bonchev–Trinajstić information content (AvgIpc) is 2.63. The number of hydrogen-bond acceptors (Lipinski definition) is 2. The summed E-state index contributed by atoms with van der Waals surface area (Å²) in [6, 6.07) is 0.382. The summed E-state index contributed by atoms with van der Waals surface area (Å²) in [4.78, 5) is 13.9. The Morgan fingerprint density at radius 2 is 1.94 bits per heavy atom. The molecule has 16 heavy (non-hydrogen) atoms. The maximum absolute atomic E-state index is 12.0. The van der Waals surface area contributed by atoms with Crippen LogP contribution in [0.2, 0.25) is 0 Å². The molecule has 4 heteroatoms. The van der Waals surface area contributed by atoms with Crippen LogP contribution < -0.4 is 0 Å². The minimum absolute atomic E-state index is 0.168. The third-order valence-electron chi connectivity index (χ3n) is 2.72. The molecule has 3 nitrogen and oxygen atoms in total. The molecule has 0 heterocycles. The van der Waals surface area contributed by atoms with Gasteiger partial charge < -0.3 is 9.64 Å². The molecule has 1 aliphatic carbocycles. The largest absolute Gasteiger partial charge is 0.444 e. The van der Waals surface area contributed by atoms with Crippen molar-refractivity contribution in [1.82, 2.24) is 4.90 Å². The number of halogens is 1. The van der Waals surface area contributed by atoms with E-state index in [1.54, 1.807) is 0 Å². The molecule has 0 bridgehead atoms. The monoisotopic (exact) mass is 291 g/mol. The molecule has 0 N–H and O–H groups in total. The van der Waals surface area contributed by atoms with Crippen LogP contribution >= 0.6 is 15.9 Å². The number of amides is 1. The summed E-state index contributed by atoms with van der Waals surface area (Å²) in [5, 5.41) is 0.808. The van der Waals surface area contributed by atoms with E-state index in [-0.39, 0.29) is 6.09 Å². The SMILES string of the molecule is CC(C)(C)OC(=O)N(CCBr)C1CCCC1. The highest BCUT2D eigenvalue weighted by molar-refractivity contribution is 9.09. The van der Waals surface area contributed by atoms with Crippen LogP contribution in [0, 0.1) is 0 Å². The van der Waals surface area contributed by atoms with Gasteiger partial charge in [-0.2, -0.15) is 0 Å². The molecule has 0 aromatic heterocycles. The molecule has 1 fully saturated rings. The predicted molar refractivity (Wildman–Crippen MR) is 69.0 cm³/mol. The summed E-state index contributed by atoms with van der Waals surface area (Å²) >= 11 is 3.40. The van der Waals surface area contributed by atoms with Crippen LogP contribution in [0.5, 0.6) is 0 Å². The second-order valence-electron chi connectivity index (χ2n) is 5.30. The van der Waals surface area contributed by atoms with Gasteiger partial charge >= 0.3 is 6.09 Å². The summed E-state index contributed by atoms with van der Waals surface area (Å²) in [5.74, 6) is 0. The highest BCUT2D eigenvalue weighted by Crippen LogP contribution is 2.25. The molecule has 0 aliphatic heterocycles. The fourth-order valence-electron chi connectivity index (χ4n) is 2.05. The lowest BCUT2D eigenvalue weighted by molar-refractivity contribution is 0.0181. The Morgan fingerprint density at radius 3 is 2.38 bits per heavy atom. The van der Waals surface area contributed by atoms with Crippen molar-refractivity contribution in [1.29, 1.82) is 0 Å². The van der Waals surface area contributed by atoms with Gasteiger partial charge in [-0.25, -0.2) is 4.79 Å². The first-order valence-corrected chi connectivity index (χ1v) is 7.12. The van der Waals surface area contributed by atoms with Gasteiger partial charge in [-0.15, -0.1) is 0 Å². The van der Waals surface area contributed by atoms with E-state index < -0.39 is 5.60 Å². The number of nitrogens with zero attached hydrogens (tertiary/aromatic N) is 1. The standard InChI is InChI=1S/C12H22BrNO2/c1-12(2,3)16-11(15)14(9-8-13)10-6-4-5-7-10/h10H,4-9H2,1-3H3. The smallest absolute Gasteiger partial charge is 0.410 e. The highest BCUT2D eigenvalue weighted by atomic mass is 79.9. The Bertz CT molecular complexity index is 232. The van der Waals surface area contributed by atoms with E-state index in [0.717, 1.165) is 24.7 Å². The number of rotatable bonds is 3. The van der Waals surface area contributed by atoms with Gasteiger partial charge in [0.15, 0.2) is 0 Å². The van der Waals surface area contributed by atoms with E-state index in [9.17, 15) is 4.79 Å². The number of carbonyl (C=O) groups excluding carboxylic acids is 1. The van der Waals surface area contributed by atoms with Gasteiger partial charge in [0, 0.05) is 17.9 Å². The van der Waals surface area contributed by atoms with Crippen LogP contribution in [-0.2, 0) is 4.74 Å². The molecular weight excluding hydrogens is 270 g/mol. The van der Waals surface area contributed by atoms with Crippen molar-refractivity contribution in [2.24, 2.45) is 0 Å². The molecule has 94 valence electrons. The molecule has 1 aliphatic rings. The first kappa shape index (κ1) is 13.8. The van der Waals surface area contributed by atoms with Crippen molar-refractivity contribution in [3.63, 3.8) is 0 Å². The van der Waals surface area contributed by atoms with Crippen LogP contribution in [0.15, 0.2) is 0 Å². The maximum Gasteiger partial charge on any atom is 0.410 e. The second-order valence-corrected chi connectivity index (χ2v) is 6.09. The molecule has 0 spiro atoms. The average molecular weight is 292 g/mol. The van der Waals surface area contributed by atoms with Gasteiger partial charge in [-0.3, -0.25) is 0 Å². The number of alkyl halides is 1. The Balaban J connectivity index is 2.57. The molecule has 1 saturated carbocycles.